The van der Waals surface area contributed by atoms with Crippen LogP contribution in [0.5, 0.6) is 0 Å². The van der Waals surface area contributed by atoms with Gasteiger partial charge in [-0.15, -0.1) is 0 Å². The highest BCUT2D eigenvalue weighted by Crippen LogP contribution is 2.25. The minimum Gasteiger partial charge on any atom is -0.462 e. The van der Waals surface area contributed by atoms with Gasteiger partial charge in [0, 0.05) is 10.1 Å². The number of rotatable bonds is 5. The van der Waals surface area contributed by atoms with E-state index >= 15 is 0 Å². The molecule has 3 N–H and O–H groups in total. The Balaban J connectivity index is 2.15. The lowest BCUT2D eigenvalue weighted by Crippen LogP contribution is -2.04. The number of esters is 1. The monoisotopic (exact) mass is 396 g/mol. The van der Waals surface area contributed by atoms with Crippen LogP contribution in [-0.4, -0.2) is 12.6 Å². The van der Waals surface area contributed by atoms with E-state index in [1.807, 2.05) is 30.3 Å². The van der Waals surface area contributed by atoms with Gasteiger partial charge in [0.25, 0.3) is 0 Å². The van der Waals surface area contributed by atoms with Crippen molar-refractivity contribution in [1.29, 1.82) is 0 Å². The number of anilines is 3. The molecule has 21 heavy (non-hydrogen) atoms. The molecule has 0 spiro atoms. The zero-order valence-corrected chi connectivity index (χ0v) is 13.9. The molecule has 0 heterocycles. The Bertz CT molecular complexity index is 627. The minimum absolute atomic E-state index is 0.310. The van der Waals surface area contributed by atoms with Crippen LogP contribution in [0.25, 0.3) is 0 Å². The first-order chi connectivity index (χ1) is 10.1. The van der Waals surface area contributed by atoms with Crippen molar-refractivity contribution in [2.45, 2.75) is 11.4 Å². The van der Waals surface area contributed by atoms with Gasteiger partial charge in [-0.05, 0) is 48.9 Å². The standard InChI is InChI=1S/C16H17IN2O2/c1-2-21-16(20)12-4-6-13(7-5-12)19-15-9-11(10-17)3-8-14(15)18/h3-9,19H,2,10,18H2,1H3. The van der Waals surface area contributed by atoms with E-state index in [1.165, 1.54) is 5.56 Å². The number of nitrogen functional groups attached to an aromatic ring is 1. The fourth-order valence-corrected chi connectivity index (χ4v) is 2.33. The van der Waals surface area contributed by atoms with Gasteiger partial charge in [-0.2, -0.15) is 0 Å². The molecule has 2 aromatic rings. The third kappa shape index (κ3) is 4.10. The summed E-state index contributed by atoms with van der Waals surface area (Å²) < 4.78 is 5.88. The number of nitrogens with two attached hydrogens (primary N) is 1. The minimum atomic E-state index is -0.310. The molecule has 4 nitrogen and oxygen atoms in total. The highest BCUT2D eigenvalue weighted by atomic mass is 127. The molecule has 0 fully saturated rings. The molecule has 0 amide bonds. The number of carbonyl (C=O) groups is 1. The number of hydrogen-bond acceptors (Lipinski definition) is 4. The normalized spacial score (nSPS) is 10.2. The van der Waals surface area contributed by atoms with Crippen LogP contribution in [-0.2, 0) is 9.16 Å². The molecule has 2 aromatic carbocycles. The number of carbonyl (C=O) groups excluding carboxylic acids is 1. The molecule has 0 saturated heterocycles. The summed E-state index contributed by atoms with van der Waals surface area (Å²) in [5, 5.41) is 3.26. The van der Waals surface area contributed by atoms with Crippen molar-refractivity contribution in [3.63, 3.8) is 0 Å². The number of alkyl halides is 1. The first-order valence-corrected chi connectivity index (χ1v) is 8.15. The summed E-state index contributed by atoms with van der Waals surface area (Å²) in [5.41, 5.74) is 10.1. The fraction of sp³-hybridized carbons (Fsp3) is 0.188. The molecule has 110 valence electrons. The summed E-state index contributed by atoms with van der Waals surface area (Å²) in [4.78, 5) is 11.6. The summed E-state index contributed by atoms with van der Waals surface area (Å²) >= 11 is 2.31. The molecule has 0 aliphatic rings. The summed E-state index contributed by atoms with van der Waals surface area (Å²) in [5.74, 6) is -0.310. The van der Waals surface area contributed by atoms with Gasteiger partial charge >= 0.3 is 5.97 Å². The Labute approximate surface area is 137 Å². The Morgan fingerprint density at radius 3 is 2.57 bits per heavy atom. The molecule has 0 radical (unpaired) electrons. The van der Waals surface area contributed by atoms with Crippen molar-refractivity contribution >= 4 is 45.6 Å². The molecule has 0 saturated carbocycles. The van der Waals surface area contributed by atoms with Gasteiger partial charge in [0.15, 0.2) is 0 Å². The van der Waals surface area contributed by atoms with E-state index in [0.717, 1.165) is 15.8 Å². The van der Waals surface area contributed by atoms with Crippen LogP contribution in [0, 0.1) is 0 Å². The third-order valence-corrected chi connectivity index (χ3v) is 3.83. The first-order valence-electron chi connectivity index (χ1n) is 6.62. The molecule has 0 aromatic heterocycles. The Morgan fingerprint density at radius 1 is 1.24 bits per heavy atom. The number of ether oxygens (including phenoxy) is 1. The summed E-state index contributed by atoms with van der Waals surface area (Å²) in [6, 6.07) is 13.1. The topological polar surface area (TPSA) is 64.3 Å². The second kappa shape index (κ2) is 7.31. The van der Waals surface area contributed by atoms with Gasteiger partial charge in [-0.25, -0.2) is 4.79 Å². The predicted molar refractivity (Wildman–Crippen MR) is 94.3 cm³/mol. The van der Waals surface area contributed by atoms with Crippen molar-refractivity contribution in [1.82, 2.24) is 0 Å². The number of nitrogens with one attached hydrogen (secondary N) is 1. The lowest BCUT2D eigenvalue weighted by Gasteiger charge is -2.11. The van der Waals surface area contributed by atoms with Crippen LogP contribution in [0.3, 0.4) is 0 Å². The lowest BCUT2D eigenvalue weighted by molar-refractivity contribution is 0.0526. The first kappa shape index (κ1) is 15.6. The van der Waals surface area contributed by atoms with Crippen molar-refractivity contribution in [3.8, 4) is 0 Å². The largest absolute Gasteiger partial charge is 0.462 e. The molecule has 0 aliphatic carbocycles. The fourth-order valence-electron chi connectivity index (χ4n) is 1.85. The lowest BCUT2D eigenvalue weighted by atomic mass is 10.1. The Morgan fingerprint density at radius 2 is 1.95 bits per heavy atom. The Hall–Kier alpha value is -1.76. The second-order valence-corrected chi connectivity index (χ2v) is 5.24. The second-order valence-electron chi connectivity index (χ2n) is 4.48. The molecule has 0 unspecified atom stereocenters. The Kier molecular flexibility index (Phi) is 5.44. The van der Waals surface area contributed by atoms with Crippen molar-refractivity contribution in [3.05, 3.63) is 53.6 Å². The van der Waals surface area contributed by atoms with E-state index < -0.39 is 0 Å². The van der Waals surface area contributed by atoms with Gasteiger partial charge in [-0.3, -0.25) is 0 Å². The molecular formula is C16H17IN2O2. The van der Waals surface area contributed by atoms with E-state index in [-0.39, 0.29) is 5.97 Å². The van der Waals surface area contributed by atoms with E-state index in [2.05, 4.69) is 27.9 Å². The highest BCUT2D eigenvalue weighted by Gasteiger charge is 2.06. The van der Waals surface area contributed by atoms with Gasteiger partial charge in [0.05, 0.1) is 23.5 Å². The van der Waals surface area contributed by atoms with Crippen LogP contribution < -0.4 is 11.1 Å². The van der Waals surface area contributed by atoms with Crippen molar-refractivity contribution in [2.75, 3.05) is 17.7 Å². The van der Waals surface area contributed by atoms with Crippen LogP contribution in [0.4, 0.5) is 17.1 Å². The number of halogens is 1. The highest BCUT2D eigenvalue weighted by molar-refractivity contribution is 14.1. The average Bonchev–Trinajstić information content (AvgIpc) is 2.50. The average molecular weight is 396 g/mol. The van der Waals surface area contributed by atoms with E-state index in [9.17, 15) is 4.79 Å². The predicted octanol–water partition coefficient (Wildman–Crippen LogP) is 4.12. The summed E-state index contributed by atoms with van der Waals surface area (Å²) in [7, 11) is 0. The van der Waals surface area contributed by atoms with Gasteiger partial charge in [-0.1, -0.05) is 28.7 Å². The molecule has 0 aliphatic heterocycles. The van der Waals surface area contributed by atoms with Crippen LogP contribution in [0.1, 0.15) is 22.8 Å². The number of hydrogen-bond donors (Lipinski definition) is 2. The van der Waals surface area contributed by atoms with Crippen molar-refractivity contribution < 1.29 is 9.53 Å². The van der Waals surface area contributed by atoms with Crippen LogP contribution in [0.2, 0.25) is 0 Å². The maximum absolute atomic E-state index is 11.6. The molecule has 0 atom stereocenters. The maximum Gasteiger partial charge on any atom is 0.338 e. The van der Waals surface area contributed by atoms with Crippen LogP contribution >= 0.6 is 22.6 Å². The quantitative estimate of drug-likeness (QED) is 0.345. The van der Waals surface area contributed by atoms with E-state index in [0.29, 0.717) is 17.9 Å². The van der Waals surface area contributed by atoms with Gasteiger partial charge < -0.3 is 15.8 Å². The van der Waals surface area contributed by atoms with Crippen LogP contribution in [0.15, 0.2) is 42.5 Å². The third-order valence-electron chi connectivity index (χ3n) is 2.95. The molecule has 2 rings (SSSR count). The zero-order chi connectivity index (χ0) is 15.2. The number of benzene rings is 2. The van der Waals surface area contributed by atoms with Crippen molar-refractivity contribution in [2.24, 2.45) is 0 Å². The molecular weight excluding hydrogens is 379 g/mol. The molecule has 5 heteroatoms. The van der Waals surface area contributed by atoms with Gasteiger partial charge in [0.1, 0.15) is 0 Å². The summed E-state index contributed by atoms with van der Waals surface area (Å²) in [6.45, 7) is 2.16. The zero-order valence-electron chi connectivity index (χ0n) is 11.7. The molecule has 0 bridgehead atoms. The van der Waals surface area contributed by atoms with E-state index in [4.69, 9.17) is 10.5 Å². The summed E-state index contributed by atoms with van der Waals surface area (Å²) in [6.07, 6.45) is 0. The maximum atomic E-state index is 11.6. The van der Waals surface area contributed by atoms with Gasteiger partial charge in [0.2, 0.25) is 0 Å². The SMILES string of the molecule is CCOC(=O)c1ccc(Nc2cc(CI)ccc2N)cc1. The smallest absolute Gasteiger partial charge is 0.338 e. The van der Waals surface area contributed by atoms with E-state index in [1.54, 1.807) is 19.1 Å².